The summed E-state index contributed by atoms with van der Waals surface area (Å²) < 4.78 is 5.88. The molecule has 34 heavy (non-hydrogen) atoms. The molecule has 1 aromatic heterocycles. The molecule has 2 aromatic carbocycles. The Morgan fingerprint density at radius 2 is 1.85 bits per heavy atom. The van der Waals surface area contributed by atoms with Gasteiger partial charge in [-0.15, -0.1) is 0 Å². The number of hydrogen-bond donors (Lipinski definition) is 2. The molecular weight excluding hydrogens is 428 g/mol. The van der Waals surface area contributed by atoms with Crippen molar-refractivity contribution in [1.29, 1.82) is 5.26 Å². The summed E-state index contributed by atoms with van der Waals surface area (Å²) in [4.78, 5) is 22.8. The summed E-state index contributed by atoms with van der Waals surface area (Å²) in [6, 6.07) is 18.9. The second-order valence-electron chi connectivity index (χ2n) is 8.10. The third-order valence-corrected chi connectivity index (χ3v) is 5.69. The number of benzene rings is 2. The maximum absolute atomic E-state index is 12.5. The molecule has 1 saturated heterocycles. The van der Waals surface area contributed by atoms with Crippen molar-refractivity contribution in [2.75, 3.05) is 24.1 Å². The van der Waals surface area contributed by atoms with Crippen LogP contribution in [0.3, 0.4) is 0 Å². The molecule has 8 heteroatoms. The second kappa shape index (κ2) is 10.5. The Hall–Kier alpha value is -4.38. The van der Waals surface area contributed by atoms with Crippen LogP contribution >= 0.6 is 0 Å². The number of likely N-dealkylation sites (tertiary alicyclic amines) is 1. The quantitative estimate of drug-likeness (QED) is 0.419. The maximum Gasteiger partial charge on any atom is 0.263 e. The van der Waals surface area contributed by atoms with E-state index in [1.54, 1.807) is 4.90 Å². The van der Waals surface area contributed by atoms with Crippen molar-refractivity contribution in [2.45, 2.75) is 25.3 Å². The van der Waals surface area contributed by atoms with E-state index in [2.05, 4.69) is 21.9 Å². The Balaban J connectivity index is 1.54. The first-order valence-electron chi connectivity index (χ1n) is 11.1. The highest BCUT2D eigenvalue weighted by Crippen LogP contribution is 2.33. The van der Waals surface area contributed by atoms with Crippen molar-refractivity contribution in [3.63, 3.8) is 0 Å². The van der Waals surface area contributed by atoms with E-state index >= 15 is 0 Å². The van der Waals surface area contributed by atoms with Gasteiger partial charge in [-0.05, 0) is 49.1 Å². The lowest BCUT2D eigenvalue weighted by Crippen LogP contribution is -2.39. The first-order valence-corrected chi connectivity index (χ1v) is 11.1. The van der Waals surface area contributed by atoms with Crippen molar-refractivity contribution in [3.8, 4) is 28.7 Å². The summed E-state index contributed by atoms with van der Waals surface area (Å²) in [6.07, 6.45) is 4.09. The third kappa shape index (κ3) is 5.33. The van der Waals surface area contributed by atoms with Crippen LogP contribution in [0.25, 0.3) is 11.1 Å². The number of aromatic nitrogens is 2. The molecule has 1 aliphatic rings. The number of amides is 1. The lowest BCUT2D eigenvalue weighted by Gasteiger charge is -2.26. The van der Waals surface area contributed by atoms with Gasteiger partial charge in [-0.25, -0.2) is 9.97 Å². The van der Waals surface area contributed by atoms with E-state index in [9.17, 15) is 4.79 Å². The lowest BCUT2D eigenvalue weighted by atomic mass is 10.1. The van der Waals surface area contributed by atoms with E-state index in [4.69, 9.17) is 15.7 Å². The summed E-state index contributed by atoms with van der Waals surface area (Å²) in [5.74, 6) is 2.09. The van der Waals surface area contributed by atoms with Crippen LogP contribution in [0.4, 0.5) is 11.6 Å². The van der Waals surface area contributed by atoms with Gasteiger partial charge in [-0.1, -0.05) is 36.9 Å². The molecule has 2 heterocycles. The Labute approximate surface area is 198 Å². The summed E-state index contributed by atoms with van der Waals surface area (Å²) in [6.45, 7) is 4.61. The molecule has 1 atom stereocenters. The Morgan fingerprint density at radius 3 is 2.59 bits per heavy atom. The van der Waals surface area contributed by atoms with Gasteiger partial charge >= 0.3 is 0 Å². The fourth-order valence-corrected chi connectivity index (χ4v) is 3.98. The van der Waals surface area contributed by atoms with Gasteiger partial charge in [-0.2, -0.15) is 5.26 Å². The number of nitrogens with one attached hydrogen (secondary N) is 1. The summed E-state index contributed by atoms with van der Waals surface area (Å²) >= 11 is 0. The van der Waals surface area contributed by atoms with Gasteiger partial charge < -0.3 is 20.7 Å². The average molecular weight is 455 g/mol. The van der Waals surface area contributed by atoms with Gasteiger partial charge in [0.05, 0.1) is 5.56 Å². The zero-order valence-electron chi connectivity index (χ0n) is 18.8. The minimum Gasteiger partial charge on any atom is -0.457 e. The molecule has 0 bridgehead atoms. The zero-order chi connectivity index (χ0) is 23.9. The number of hydrogen-bond acceptors (Lipinski definition) is 7. The van der Waals surface area contributed by atoms with Crippen molar-refractivity contribution < 1.29 is 9.53 Å². The van der Waals surface area contributed by atoms with Gasteiger partial charge in [0, 0.05) is 19.1 Å². The molecule has 0 radical (unpaired) electrons. The lowest BCUT2D eigenvalue weighted by molar-refractivity contribution is -0.126. The van der Waals surface area contributed by atoms with Crippen molar-refractivity contribution in [2.24, 2.45) is 0 Å². The number of nitriles is 1. The van der Waals surface area contributed by atoms with E-state index in [0.717, 1.165) is 30.6 Å². The molecule has 3 aromatic rings. The van der Waals surface area contributed by atoms with Gasteiger partial charge in [-0.3, -0.25) is 4.79 Å². The van der Waals surface area contributed by atoms with E-state index in [1.165, 1.54) is 6.33 Å². The standard InChI is InChI=1S/C26H26N6O2/c1-18(15-27)26(33)32-14-6-5-7-20(16-32)31-25-23(24(28)29-17-30-25)19-10-12-22(13-11-19)34-21-8-3-2-4-9-21/h2-4,8-13,17,20H,1,5-7,14,16H2,(H3,28,29,30,31). The Kier molecular flexibility index (Phi) is 7.04. The van der Waals surface area contributed by atoms with Crippen LogP contribution in [-0.4, -0.2) is 39.9 Å². The molecule has 1 unspecified atom stereocenters. The molecule has 1 aliphatic heterocycles. The van der Waals surface area contributed by atoms with Gasteiger partial charge in [0.1, 0.15) is 41.1 Å². The Bertz CT molecular complexity index is 1200. The number of rotatable bonds is 6. The van der Waals surface area contributed by atoms with E-state index < -0.39 is 0 Å². The van der Waals surface area contributed by atoms with Crippen LogP contribution in [-0.2, 0) is 4.79 Å². The van der Waals surface area contributed by atoms with Gasteiger partial charge in [0.15, 0.2) is 0 Å². The number of anilines is 2. The van der Waals surface area contributed by atoms with Crippen molar-refractivity contribution in [1.82, 2.24) is 14.9 Å². The van der Waals surface area contributed by atoms with E-state index in [-0.39, 0.29) is 17.5 Å². The molecule has 0 spiro atoms. The SMILES string of the molecule is C=C(C#N)C(=O)N1CCCCC(Nc2ncnc(N)c2-c2ccc(Oc3ccccc3)cc2)C1. The number of nitrogen functional groups attached to an aromatic ring is 1. The van der Waals surface area contributed by atoms with Crippen LogP contribution < -0.4 is 15.8 Å². The number of nitrogens with zero attached hydrogens (tertiary/aromatic N) is 4. The topological polar surface area (TPSA) is 117 Å². The normalized spacial score (nSPS) is 15.6. The van der Waals surface area contributed by atoms with E-state index in [0.29, 0.717) is 36.0 Å². The third-order valence-electron chi connectivity index (χ3n) is 5.69. The number of carbonyl (C=O) groups is 1. The van der Waals surface area contributed by atoms with Crippen LogP contribution in [0.5, 0.6) is 11.5 Å². The second-order valence-corrected chi connectivity index (χ2v) is 8.10. The molecule has 0 aliphatic carbocycles. The highest BCUT2D eigenvalue weighted by molar-refractivity contribution is 5.96. The summed E-state index contributed by atoms with van der Waals surface area (Å²) in [5.41, 5.74) is 7.74. The summed E-state index contributed by atoms with van der Waals surface area (Å²) in [7, 11) is 0. The fraction of sp³-hybridized carbons (Fsp3) is 0.231. The molecule has 8 nitrogen and oxygen atoms in total. The summed E-state index contributed by atoms with van der Waals surface area (Å²) in [5, 5.41) is 12.5. The molecule has 4 rings (SSSR count). The minimum absolute atomic E-state index is 0.0494. The molecule has 0 saturated carbocycles. The van der Waals surface area contributed by atoms with Crippen LogP contribution in [0.1, 0.15) is 19.3 Å². The predicted molar refractivity (Wildman–Crippen MR) is 131 cm³/mol. The fourth-order valence-electron chi connectivity index (χ4n) is 3.98. The smallest absolute Gasteiger partial charge is 0.263 e. The number of carbonyl (C=O) groups excluding carboxylic acids is 1. The molecule has 1 amide bonds. The van der Waals surface area contributed by atoms with Gasteiger partial charge in [0.2, 0.25) is 0 Å². The molecule has 1 fully saturated rings. The molecular formula is C26H26N6O2. The minimum atomic E-state index is -0.326. The maximum atomic E-state index is 12.5. The molecule has 3 N–H and O–H groups in total. The van der Waals surface area contributed by atoms with Crippen molar-refractivity contribution >= 4 is 17.5 Å². The number of ether oxygens (including phenoxy) is 1. The van der Waals surface area contributed by atoms with E-state index in [1.807, 2.05) is 60.7 Å². The Morgan fingerprint density at radius 1 is 1.12 bits per heavy atom. The first kappa shape index (κ1) is 22.8. The zero-order valence-corrected chi connectivity index (χ0v) is 18.8. The monoisotopic (exact) mass is 454 g/mol. The van der Waals surface area contributed by atoms with Crippen LogP contribution in [0.15, 0.2) is 73.1 Å². The van der Waals surface area contributed by atoms with Crippen LogP contribution in [0, 0.1) is 11.3 Å². The largest absolute Gasteiger partial charge is 0.457 e. The van der Waals surface area contributed by atoms with Crippen LogP contribution in [0.2, 0.25) is 0 Å². The number of para-hydroxylation sites is 1. The highest BCUT2D eigenvalue weighted by atomic mass is 16.5. The average Bonchev–Trinajstić information content (AvgIpc) is 3.10. The first-order chi connectivity index (χ1) is 16.5. The highest BCUT2D eigenvalue weighted by Gasteiger charge is 2.25. The van der Waals surface area contributed by atoms with Gasteiger partial charge in [0.25, 0.3) is 5.91 Å². The molecule has 172 valence electrons. The van der Waals surface area contributed by atoms with Crippen molar-refractivity contribution in [3.05, 3.63) is 73.1 Å². The predicted octanol–water partition coefficient (Wildman–Crippen LogP) is 4.39. The number of nitrogens with two attached hydrogens (primary N) is 1.